The van der Waals surface area contributed by atoms with E-state index in [1.807, 2.05) is 62.4 Å². The van der Waals surface area contributed by atoms with Crippen molar-refractivity contribution in [3.63, 3.8) is 0 Å². The summed E-state index contributed by atoms with van der Waals surface area (Å²) in [5.41, 5.74) is 4.61. The fourth-order valence-electron chi connectivity index (χ4n) is 3.34. The second kappa shape index (κ2) is 10.0. The lowest BCUT2D eigenvalue weighted by Crippen LogP contribution is -1.94. The molecule has 5 rings (SSSR count). The Bertz CT molecular complexity index is 1490. The van der Waals surface area contributed by atoms with Crippen LogP contribution in [0.15, 0.2) is 60.8 Å². The van der Waals surface area contributed by atoms with Crippen molar-refractivity contribution in [2.75, 3.05) is 0 Å². The smallest absolute Gasteiger partial charge is 0.134 e. The van der Waals surface area contributed by atoms with E-state index < -0.39 is 0 Å². The molecule has 0 amide bonds. The third-order valence-electron chi connectivity index (χ3n) is 5.11. The maximum absolute atomic E-state index is 6.43. The summed E-state index contributed by atoms with van der Waals surface area (Å²) in [6.07, 6.45) is 1.74. The van der Waals surface area contributed by atoms with Gasteiger partial charge in [-0.05, 0) is 43.7 Å². The van der Waals surface area contributed by atoms with E-state index in [0.29, 0.717) is 36.3 Å². The molecule has 0 unspecified atom stereocenters. The van der Waals surface area contributed by atoms with Gasteiger partial charge in [-0.1, -0.05) is 88.3 Å². The summed E-state index contributed by atoms with van der Waals surface area (Å²) in [7, 11) is 0. The van der Waals surface area contributed by atoms with Crippen molar-refractivity contribution >= 4 is 79.8 Å². The van der Waals surface area contributed by atoms with Gasteiger partial charge in [0.15, 0.2) is 0 Å². The van der Waals surface area contributed by atoms with Crippen LogP contribution in [0.25, 0.3) is 33.2 Å². The Balaban J connectivity index is 0.000000165. The third kappa shape index (κ3) is 4.75. The molecule has 0 spiro atoms. The number of hydrogen-bond acceptors (Lipinski definition) is 3. The van der Waals surface area contributed by atoms with E-state index in [-0.39, 0.29) is 0 Å². The Hall–Kier alpha value is -2.14. The minimum absolute atomic E-state index is 0.399. The summed E-state index contributed by atoms with van der Waals surface area (Å²) in [5.74, 6) is 0. The zero-order valence-corrected chi connectivity index (χ0v) is 21.3. The van der Waals surface area contributed by atoms with Crippen LogP contribution >= 0.6 is 58.0 Å². The molecule has 0 bridgehead atoms. The number of hydrogen-bond donors (Lipinski definition) is 0. The number of rotatable bonds is 1. The fourth-order valence-corrected chi connectivity index (χ4v) is 4.49. The molecular formula is C25H16Cl5N3. The number of nitrogens with zero attached hydrogens (tertiary/aromatic N) is 3. The van der Waals surface area contributed by atoms with Gasteiger partial charge in [-0.3, -0.25) is 4.98 Å². The van der Waals surface area contributed by atoms with Crippen LogP contribution in [0, 0.1) is 13.8 Å². The van der Waals surface area contributed by atoms with Crippen LogP contribution in [0.5, 0.6) is 0 Å². The van der Waals surface area contributed by atoms with E-state index in [4.69, 9.17) is 58.0 Å². The Kier molecular flexibility index (Phi) is 7.28. The number of pyridine rings is 3. The first-order chi connectivity index (χ1) is 15.8. The van der Waals surface area contributed by atoms with E-state index in [2.05, 4.69) is 15.0 Å². The zero-order chi connectivity index (χ0) is 23.7. The van der Waals surface area contributed by atoms with E-state index in [0.717, 1.165) is 33.3 Å². The standard InChI is InChI=1S/C15H10Cl2N2.C10H6Cl3N/c1-9-13(17)10-5-4-6-11(16)15(10)19-14(9)12-7-2-3-8-18-12;1-5-8(12)6-3-2-4-7(11)9(6)14-10(5)13/h2-8H,1H3;2-4H,1H3. The monoisotopic (exact) mass is 533 g/mol. The topological polar surface area (TPSA) is 38.7 Å². The summed E-state index contributed by atoms with van der Waals surface area (Å²) in [4.78, 5) is 13.1. The molecule has 0 radical (unpaired) electrons. The fraction of sp³-hybridized carbons (Fsp3) is 0.0800. The van der Waals surface area contributed by atoms with Gasteiger partial charge in [-0.2, -0.15) is 0 Å². The average Bonchev–Trinajstić information content (AvgIpc) is 2.82. The molecule has 0 aliphatic carbocycles. The van der Waals surface area contributed by atoms with Gasteiger partial charge in [0.05, 0.1) is 42.5 Å². The highest BCUT2D eigenvalue weighted by atomic mass is 35.5. The van der Waals surface area contributed by atoms with Crippen LogP contribution in [0.1, 0.15) is 11.1 Å². The maximum atomic E-state index is 6.43. The molecule has 33 heavy (non-hydrogen) atoms. The summed E-state index contributed by atoms with van der Waals surface area (Å²) in [6.45, 7) is 3.78. The van der Waals surface area contributed by atoms with Crippen molar-refractivity contribution in [1.29, 1.82) is 0 Å². The van der Waals surface area contributed by atoms with Crippen molar-refractivity contribution in [3.8, 4) is 11.4 Å². The highest BCUT2D eigenvalue weighted by Crippen LogP contribution is 2.35. The van der Waals surface area contributed by atoms with Gasteiger partial charge in [-0.25, -0.2) is 9.97 Å². The lowest BCUT2D eigenvalue weighted by atomic mass is 10.1. The van der Waals surface area contributed by atoms with Gasteiger partial charge in [-0.15, -0.1) is 0 Å². The quantitative estimate of drug-likeness (QED) is 0.201. The first kappa shape index (κ1) is 24.0. The maximum Gasteiger partial charge on any atom is 0.134 e. The predicted molar refractivity (Wildman–Crippen MR) is 141 cm³/mol. The van der Waals surface area contributed by atoms with Crippen LogP contribution in [-0.4, -0.2) is 15.0 Å². The largest absolute Gasteiger partial charge is 0.255 e. The highest BCUT2D eigenvalue weighted by molar-refractivity contribution is 6.42. The second-order valence-electron chi connectivity index (χ2n) is 7.23. The predicted octanol–water partition coefficient (Wildman–Crippen LogP) is 9.42. The SMILES string of the molecule is Cc1c(-c2ccccn2)nc2c(Cl)cccc2c1Cl.Cc1c(Cl)nc2c(Cl)cccc2c1Cl. The summed E-state index contributed by atoms with van der Waals surface area (Å²) < 4.78 is 0. The molecule has 3 aromatic heterocycles. The van der Waals surface area contributed by atoms with Crippen LogP contribution in [-0.2, 0) is 0 Å². The molecule has 3 nitrogen and oxygen atoms in total. The van der Waals surface area contributed by atoms with Crippen LogP contribution in [0.3, 0.4) is 0 Å². The van der Waals surface area contributed by atoms with Crippen LogP contribution < -0.4 is 0 Å². The summed E-state index contributed by atoms with van der Waals surface area (Å²) >= 11 is 30.6. The molecule has 8 heteroatoms. The van der Waals surface area contributed by atoms with Crippen molar-refractivity contribution in [3.05, 3.63) is 97.2 Å². The Morgan fingerprint density at radius 2 is 1.18 bits per heavy atom. The molecule has 0 N–H and O–H groups in total. The molecule has 166 valence electrons. The van der Waals surface area contributed by atoms with Gasteiger partial charge in [0.2, 0.25) is 0 Å². The molecule has 5 aromatic rings. The van der Waals surface area contributed by atoms with Crippen molar-refractivity contribution in [2.24, 2.45) is 0 Å². The number of fused-ring (bicyclic) bond motifs is 2. The van der Waals surface area contributed by atoms with Gasteiger partial charge in [0.25, 0.3) is 0 Å². The Morgan fingerprint density at radius 1 is 0.606 bits per heavy atom. The van der Waals surface area contributed by atoms with E-state index in [1.165, 1.54) is 0 Å². The van der Waals surface area contributed by atoms with Gasteiger partial charge in [0, 0.05) is 22.5 Å². The molecule has 0 fully saturated rings. The molecular weight excluding hydrogens is 520 g/mol. The first-order valence-corrected chi connectivity index (χ1v) is 11.7. The molecule has 0 saturated heterocycles. The third-order valence-corrected chi connectivity index (χ3v) is 7.06. The number of aromatic nitrogens is 3. The van der Waals surface area contributed by atoms with Gasteiger partial charge in [0.1, 0.15) is 5.15 Å². The van der Waals surface area contributed by atoms with Crippen LogP contribution in [0.2, 0.25) is 25.2 Å². The molecule has 0 saturated carbocycles. The van der Waals surface area contributed by atoms with Crippen LogP contribution in [0.4, 0.5) is 0 Å². The van der Waals surface area contributed by atoms with Gasteiger partial charge < -0.3 is 0 Å². The second-order valence-corrected chi connectivity index (χ2v) is 9.16. The molecule has 2 aromatic carbocycles. The van der Waals surface area contributed by atoms with Crippen molar-refractivity contribution < 1.29 is 0 Å². The van der Waals surface area contributed by atoms with Crippen molar-refractivity contribution in [1.82, 2.24) is 15.0 Å². The number of halogens is 5. The lowest BCUT2D eigenvalue weighted by molar-refractivity contribution is 1.25. The zero-order valence-electron chi connectivity index (χ0n) is 17.5. The molecule has 0 atom stereocenters. The number of para-hydroxylation sites is 2. The summed E-state index contributed by atoms with van der Waals surface area (Å²) in [6, 6.07) is 16.8. The van der Waals surface area contributed by atoms with Crippen molar-refractivity contribution in [2.45, 2.75) is 13.8 Å². The first-order valence-electron chi connectivity index (χ1n) is 9.85. The molecule has 0 aliphatic heterocycles. The van der Waals surface area contributed by atoms with E-state index in [1.54, 1.807) is 12.3 Å². The minimum Gasteiger partial charge on any atom is -0.255 e. The van der Waals surface area contributed by atoms with E-state index in [9.17, 15) is 0 Å². The summed E-state index contributed by atoms with van der Waals surface area (Å²) in [5, 5.41) is 4.54. The van der Waals surface area contributed by atoms with Gasteiger partial charge >= 0.3 is 0 Å². The molecule has 3 heterocycles. The Morgan fingerprint density at radius 3 is 1.76 bits per heavy atom. The highest BCUT2D eigenvalue weighted by Gasteiger charge is 2.14. The average molecular weight is 536 g/mol. The lowest BCUT2D eigenvalue weighted by Gasteiger charge is -2.10. The van der Waals surface area contributed by atoms with E-state index >= 15 is 0 Å². The molecule has 0 aliphatic rings. The Labute approximate surface area is 216 Å². The normalized spacial score (nSPS) is 10.9. The number of benzene rings is 2. The minimum atomic E-state index is 0.399.